The topological polar surface area (TPSA) is 114 Å². The molecule has 160 valence electrons. The van der Waals surface area contributed by atoms with Crippen LogP contribution < -0.4 is 16.4 Å². The predicted molar refractivity (Wildman–Crippen MR) is 120 cm³/mol. The Morgan fingerprint density at radius 3 is 2.97 bits per heavy atom. The van der Waals surface area contributed by atoms with Crippen LogP contribution in [0, 0.1) is 0 Å². The molecule has 0 aromatic carbocycles. The molecule has 2 fully saturated rings. The van der Waals surface area contributed by atoms with Crippen LogP contribution in [0.15, 0.2) is 29.7 Å². The van der Waals surface area contributed by atoms with Gasteiger partial charge in [0.15, 0.2) is 5.82 Å². The van der Waals surface area contributed by atoms with Crippen molar-refractivity contribution < 1.29 is 4.74 Å². The molecule has 0 unspecified atom stereocenters. The van der Waals surface area contributed by atoms with Gasteiger partial charge in [-0.15, -0.1) is 0 Å². The van der Waals surface area contributed by atoms with Gasteiger partial charge in [0.2, 0.25) is 0 Å². The Hall–Kier alpha value is -2.62. The zero-order valence-electron chi connectivity index (χ0n) is 17.4. The lowest BCUT2D eigenvalue weighted by molar-refractivity contribution is 0.0372. The number of anilines is 1. The first-order chi connectivity index (χ1) is 14.7. The number of allylic oxidation sites excluding steroid dienone is 1. The molecule has 2 aliphatic rings. The highest BCUT2D eigenvalue weighted by molar-refractivity contribution is 6.10. The van der Waals surface area contributed by atoms with Crippen molar-refractivity contribution in [2.24, 2.45) is 10.7 Å². The number of pyridine rings is 1. The summed E-state index contributed by atoms with van der Waals surface area (Å²) < 4.78 is 5.78. The van der Waals surface area contributed by atoms with Gasteiger partial charge < -0.3 is 26.0 Å². The lowest BCUT2D eigenvalue weighted by Crippen LogP contribution is -2.42. The molecule has 2 aromatic rings. The van der Waals surface area contributed by atoms with Crippen molar-refractivity contribution in [3.63, 3.8) is 0 Å². The molecule has 2 saturated heterocycles. The molecule has 1 atom stereocenters. The summed E-state index contributed by atoms with van der Waals surface area (Å²) in [5, 5.41) is 6.73. The van der Waals surface area contributed by atoms with Crippen LogP contribution in [0.3, 0.4) is 0 Å². The second-order valence-corrected chi connectivity index (χ2v) is 7.79. The van der Waals surface area contributed by atoms with Crippen molar-refractivity contribution in [2.75, 3.05) is 51.7 Å². The lowest BCUT2D eigenvalue weighted by atomic mass is 10.1. The molecule has 2 aliphatic heterocycles. The van der Waals surface area contributed by atoms with Crippen LogP contribution in [0.25, 0.3) is 16.6 Å². The Morgan fingerprint density at radius 1 is 1.37 bits per heavy atom. The Bertz CT molecular complexity index is 901. The maximum absolute atomic E-state index is 5.94. The van der Waals surface area contributed by atoms with Crippen LogP contribution in [0.5, 0.6) is 0 Å². The number of hydrogen-bond donors (Lipinski definition) is 3. The van der Waals surface area contributed by atoms with Crippen molar-refractivity contribution in [2.45, 2.75) is 25.0 Å². The van der Waals surface area contributed by atoms with E-state index < -0.39 is 0 Å². The van der Waals surface area contributed by atoms with E-state index in [4.69, 9.17) is 20.4 Å². The average Bonchev–Trinajstić information content (AvgIpc) is 2.80. The number of aromatic nitrogens is 3. The highest BCUT2D eigenvalue weighted by Gasteiger charge is 2.17. The van der Waals surface area contributed by atoms with Gasteiger partial charge in [0, 0.05) is 50.0 Å². The molecule has 30 heavy (non-hydrogen) atoms. The van der Waals surface area contributed by atoms with E-state index >= 15 is 0 Å². The minimum Gasteiger partial charge on any atom is -0.404 e. The van der Waals surface area contributed by atoms with E-state index in [0.717, 1.165) is 61.3 Å². The summed E-state index contributed by atoms with van der Waals surface area (Å²) in [5.41, 5.74) is 8.94. The van der Waals surface area contributed by atoms with Gasteiger partial charge in [-0.3, -0.25) is 9.98 Å². The SMILES string of the molecule is CN1CCC(N=CC(=CN)c2cc3nccnc3c(NC[C@@H]3CNCCO3)n2)CC1. The van der Waals surface area contributed by atoms with E-state index in [0.29, 0.717) is 25.0 Å². The molecule has 0 spiro atoms. The fraction of sp³-hybridized carbons (Fsp3) is 0.524. The van der Waals surface area contributed by atoms with Crippen LogP contribution in [0.4, 0.5) is 5.82 Å². The Kier molecular flexibility index (Phi) is 6.83. The molecule has 0 aliphatic carbocycles. The number of ether oxygens (including phenoxy) is 1. The summed E-state index contributed by atoms with van der Waals surface area (Å²) in [6, 6.07) is 2.23. The number of rotatable bonds is 6. The molecule has 9 heteroatoms. The summed E-state index contributed by atoms with van der Waals surface area (Å²) in [4.78, 5) is 20.8. The number of hydrogen-bond acceptors (Lipinski definition) is 9. The fourth-order valence-corrected chi connectivity index (χ4v) is 3.73. The molecule has 0 radical (unpaired) electrons. The number of aliphatic imine (C=N–C) groups is 1. The molecule has 4 rings (SSSR count). The van der Waals surface area contributed by atoms with Crippen molar-refractivity contribution in [1.29, 1.82) is 0 Å². The summed E-state index contributed by atoms with van der Waals surface area (Å²) in [5.74, 6) is 0.678. The van der Waals surface area contributed by atoms with Gasteiger partial charge in [0.1, 0.15) is 5.52 Å². The number of likely N-dealkylation sites (tertiary alicyclic amines) is 1. The molecule has 9 nitrogen and oxygen atoms in total. The van der Waals surface area contributed by atoms with Crippen molar-refractivity contribution >= 4 is 28.6 Å². The van der Waals surface area contributed by atoms with Gasteiger partial charge in [-0.2, -0.15) is 0 Å². The summed E-state index contributed by atoms with van der Waals surface area (Å²) in [6.45, 7) is 5.20. The molecular formula is C21H30N8O. The molecular weight excluding hydrogens is 380 g/mol. The second-order valence-electron chi connectivity index (χ2n) is 7.79. The minimum atomic E-state index is 0.0893. The van der Waals surface area contributed by atoms with Crippen molar-refractivity contribution in [3.8, 4) is 0 Å². The highest BCUT2D eigenvalue weighted by atomic mass is 16.5. The molecule has 0 amide bonds. The van der Waals surface area contributed by atoms with E-state index in [1.165, 1.54) is 0 Å². The zero-order chi connectivity index (χ0) is 20.8. The molecule has 4 N–H and O–H groups in total. The van der Waals surface area contributed by atoms with Crippen LogP contribution in [-0.4, -0.2) is 84.6 Å². The summed E-state index contributed by atoms with van der Waals surface area (Å²) >= 11 is 0. The normalized spacial score (nSPS) is 22.0. The first-order valence-electron chi connectivity index (χ1n) is 10.5. The van der Waals surface area contributed by atoms with Crippen LogP contribution >= 0.6 is 0 Å². The quantitative estimate of drug-likeness (QED) is 0.602. The third kappa shape index (κ3) is 5.10. The van der Waals surface area contributed by atoms with E-state index in [-0.39, 0.29) is 6.10 Å². The van der Waals surface area contributed by atoms with Gasteiger partial charge in [0.05, 0.1) is 30.0 Å². The van der Waals surface area contributed by atoms with Gasteiger partial charge in [0.25, 0.3) is 0 Å². The Morgan fingerprint density at radius 2 is 2.20 bits per heavy atom. The fourth-order valence-electron chi connectivity index (χ4n) is 3.73. The average molecular weight is 411 g/mol. The van der Waals surface area contributed by atoms with Crippen LogP contribution in [0.2, 0.25) is 0 Å². The largest absolute Gasteiger partial charge is 0.404 e. The number of nitrogens with two attached hydrogens (primary N) is 1. The Labute approximate surface area is 176 Å². The summed E-state index contributed by atoms with van der Waals surface area (Å²) in [6.07, 6.45) is 8.97. The third-order valence-electron chi connectivity index (χ3n) is 5.55. The summed E-state index contributed by atoms with van der Waals surface area (Å²) in [7, 11) is 2.15. The van der Waals surface area contributed by atoms with Gasteiger partial charge in [-0.25, -0.2) is 9.97 Å². The van der Waals surface area contributed by atoms with Gasteiger partial charge >= 0.3 is 0 Å². The van der Waals surface area contributed by atoms with Crippen molar-refractivity contribution in [1.82, 2.24) is 25.2 Å². The zero-order valence-corrected chi connectivity index (χ0v) is 17.4. The number of piperidine rings is 1. The second kappa shape index (κ2) is 9.92. The molecule has 0 bridgehead atoms. The molecule has 2 aromatic heterocycles. The smallest absolute Gasteiger partial charge is 0.154 e. The molecule has 0 saturated carbocycles. The van der Waals surface area contributed by atoms with E-state index in [1.54, 1.807) is 18.6 Å². The lowest BCUT2D eigenvalue weighted by Gasteiger charge is -2.26. The van der Waals surface area contributed by atoms with Gasteiger partial charge in [-0.1, -0.05) is 0 Å². The van der Waals surface area contributed by atoms with E-state index in [1.807, 2.05) is 12.3 Å². The molecule has 4 heterocycles. The maximum Gasteiger partial charge on any atom is 0.154 e. The highest BCUT2D eigenvalue weighted by Crippen LogP contribution is 2.22. The number of nitrogens with zero attached hydrogens (tertiary/aromatic N) is 5. The third-order valence-corrected chi connectivity index (χ3v) is 5.55. The Balaban J connectivity index is 1.54. The standard InChI is InChI=1S/C21H30N8O/c1-29-7-2-16(3-8-29)26-12-15(11-22)18-10-19-20(25-5-4-24-19)21(28-18)27-14-17-13-23-6-9-30-17/h4-5,10-12,16-17,23H,2-3,6-9,13-14,22H2,1H3,(H,27,28)/t17-/m0/s1. The first kappa shape index (κ1) is 20.6. The van der Waals surface area contributed by atoms with Gasteiger partial charge in [-0.05, 0) is 39.0 Å². The monoisotopic (exact) mass is 410 g/mol. The number of morpholine rings is 1. The van der Waals surface area contributed by atoms with E-state index in [9.17, 15) is 0 Å². The number of nitrogens with one attached hydrogen (secondary N) is 2. The van der Waals surface area contributed by atoms with E-state index in [2.05, 4.69) is 32.5 Å². The first-order valence-corrected chi connectivity index (χ1v) is 10.5. The van der Waals surface area contributed by atoms with Crippen molar-refractivity contribution in [3.05, 3.63) is 30.4 Å². The number of fused-ring (bicyclic) bond motifs is 1. The van der Waals surface area contributed by atoms with Crippen LogP contribution in [-0.2, 0) is 4.74 Å². The minimum absolute atomic E-state index is 0.0893. The predicted octanol–water partition coefficient (Wildman–Crippen LogP) is 0.890. The van der Waals surface area contributed by atoms with Crippen LogP contribution in [0.1, 0.15) is 18.5 Å². The maximum atomic E-state index is 5.94.